The average Bonchev–Trinajstić information content (AvgIpc) is 3.17. The lowest BCUT2D eigenvalue weighted by Crippen LogP contribution is -2.57. The Morgan fingerprint density at radius 2 is 1.53 bits per heavy atom. The average molecular weight is 453 g/mol. The number of morpholine rings is 1. The molecule has 3 aromatic heterocycles. The molecule has 0 bridgehead atoms. The minimum atomic E-state index is -0.605. The van der Waals surface area contributed by atoms with E-state index in [0.717, 1.165) is 35.9 Å². The van der Waals surface area contributed by atoms with Crippen molar-refractivity contribution >= 4 is 70.0 Å². The van der Waals surface area contributed by atoms with Crippen molar-refractivity contribution in [2.75, 3.05) is 43.5 Å². The molecule has 0 saturated carbocycles. The second-order valence-corrected chi connectivity index (χ2v) is 11.1. The van der Waals surface area contributed by atoms with E-state index in [-0.39, 0.29) is 16.2 Å². The fourth-order valence-corrected chi connectivity index (χ4v) is 5.63. The number of hydrogen-bond acceptors (Lipinski definition) is 9. The predicted octanol–water partition coefficient (Wildman–Crippen LogP) is -5.13. The van der Waals surface area contributed by atoms with E-state index in [2.05, 4.69) is 66.5 Å². The van der Waals surface area contributed by atoms with Crippen LogP contribution in [0.25, 0.3) is 22.6 Å². The highest BCUT2D eigenvalue weighted by Gasteiger charge is 2.56. The van der Waals surface area contributed by atoms with Crippen molar-refractivity contribution in [3.8, 4) is 11.4 Å². The van der Waals surface area contributed by atoms with Crippen LogP contribution >= 0.6 is 0 Å². The van der Waals surface area contributed by atoms with Gasteiger partial charge in [-0.25, -0.2) is 24.9 Å². The maximum absolute atomic E-state index is 6.66. The number of rotatable bonds is 4. The van der Waals surface area contributed by atoms with Crippen LogP contribution in [-0.4, -0.2) is 109 Å². The molecule has 0 aliphatic carbocycles. The van der Waals surface area contributed by atoms with Crippen molar-refractivity contribution < 1.29 is 9.47 Å². The largest absolute Gasteiger partial charge is 0.378 e. The molecule has 0 aromatic carbocycles. The Hall–Kier alpha value is -2.46. The van der Waals surface area contributed by atoms with Crippen LogP contribution in [0.4, 0.5) is 11.8 Å². The molecule has 0 unspecified atom stereocenters. The van der Waals surface area contributed by atoms with Gasteiger partial charge in [-0.1, -0.05) is 10.2 Å². The Labute approximate surface area is 204 Å². The summed E-state index contributed by atoms with van der Waals surface area (Å²) in [5.41, 5.74) is 7.42. The standard InChI is InChI=1S/C18H28B6N8O2/c19-17(20,21)16(18(22,23)24)14-28-10-12(31-1-4-33-5-2-31)29-11(9-7-26-15(25)27-8-9)30-13(10)32(14)3-6-34-16/h7-8H,1-6,19-24H2,(H2,25,26,27). The summed E-state index contributed by atoms with van der Waals surface area (Å²) in [5, 5.41) is -0.407. The van der Waals surface area contributed by atoms with Gasteiger partial charge in [0.15, 0.2) is 22.8 Å². The first-order chi connectivity index (χ1) is 16.0. The maximum atomic E-state index is 6.66. The van der Waals surface area contributed by atoms with Crippen LogP contribution in [-0.2, 0) is 21.6 Å². The third-order valence-electron chi connectivity index (χ3n) is 6.88. The van der Waals surface area contributed by atoms with Crippen molar-refractivity contribution in [3.63, 3.8) is 0 Å². The summed E-state index contributed by atoms with van der Waals surface area (Å²) >= 11 is 0. The summed E-state index contributed by atoms with van der Waals surface area (Å²) < 4.78 is 14.5. The van der Waals surface area contributed by atoms with E-state index < -0.39 is 5.60 Å². The lowest BCUT2D eigenvalue weighted by atomic mass is 9.23. The van der Waals surface area contributed by atoms with Gasteiger partial charge in [0, 0.05) is 32.0 Å². The Bertz CT molecular complexity index is 1210. The number of anilines is 2. The fourth-order valence-electron chi connectivity index (χ4n) is 5.63. The molecule has 170 valence electrons. The van der Waals surface area contributed by atoms with Crippen LogP contribution in [0.1, 0.15) is 5.82 Å². The Balaban J connectivity index is 1.80. The van der Waals surface area contributed by atoms with Crippen molar-refractivity contribution in [2.24, 2.45) is 0 Å². The number of hydrogen-bond donors (Lipinski definition) is 1. The smallest absolute Gasteiger partial charge is 0.219 e. The van der Waals surface area contributed by atoms with Crippen molar-refractivity contribution in [3.05, 3.63) is 18.2 Å². The van der Waals surface area contributed by atoms with Gasteiger partial charge in [0.05, 0.1) is 78.1 Å². The molecule has 5 rings (SSSR count). The zero-order chi connectivity index (χ0) is 24.3. The molecule has 0 spiro atoms. The Morgan fingerprint density at radius 1 is 0.882 bits per heavy atom. The highest BCUT2D eigenvalue weighted by atomic mass is 16.5. The van der Waals surface area contributed by atoms with E-state index in [9.17, 15) is 0 Å². The van der Waals surface area contributed by atoms with E-state index >= 15 is 0 Å². The Morgan fingerprint density at radius 3 is 2.15 bits per heavy atom. The van der Waals surface area contributed by atoms with Gasteiger partial charge in [0.25, 0.3) is 0 Å². The van der Waals surface area contributed by atoms with Crippen LogP contribution in [0.3, 0.4) is 0 Å². The summed E-state index contributed by atoms with van der Waals surface area (Å²) in [7, 11) is 13.3. The van der Waals surface area contributed by atoms with E-state index in [4.69, 9.17) is 30.2 Å². The summed E-state index contributed by atoms with van der Waals surface area (Å²) in [4.78, 5) is 25.7. The molecule has 2 N–H and O–H groups in total. The summed E-state index contributed by atoms with van der Waals surface area (Å²) in [5.74, 6) is 2.49. The maximum Gasteiger partial charge on any atom is 0.219 e. The minimum Gasteiger partial charge on any atom is -0.378 e. The fraction of sp³-hybridized carbons (Fsp3) is 0.500. The second-order valence-electron chi connectivity index (χ2n) is 11.1. The van der Waals surface area contributed by atoms with E-state index in [1.165, 1.54) is 0 Å². The van der Waals surface area contributed by atoms with Gasteiger partial charge in [0.1, 0.15) is 5.82 Å². The van der Waals surface area contributed by atoms with Crippen LogP contribution in [0.5, 0.6) is 0 Å². The van der Waals surface area contributed by atoms with E-state index in [0.29, 0.717) is 37.8 Å². The van der Waals surface area contributed by atoms with Gasteiger partial charge in [-0.05, 0) is 0 Å². The lowest BCUT2D eigenvalue weighted by molar-refractivity contribution is -0.0798. The minimum absolute atomic E-state index is 0.203. The molecule has 0 atom stereocenters. The number of imidazole rings is 1. The molecule has 10 nitrogen and oxygen atoms in total. The van der Waals surface area contributed by atoms with Gasteiger partial charge in [-0.15, -0.1) is 0 Å². The van der Waals surface area contributed by atoms with Crippen LogP contribution < -0.4 is 10.6 Å². The van der Waals surface area contributed by atoms with Crippen molar-refractivity contribution in [2.45, 2.75) is 22.4 Å². The monoisotopic (exact) mass is 454 g/mol. The summed E-state index contributed by atoms with van der Waals surface area (Å²) in [6, 6.07) is 0. The quantitative estimate of drug-likeness (QED) is 0.387. The molecule has 2 aliphatic rings. The number of aromatic nitrogens is 6. The Kier molecular flexibility index (Phi) is 5.51. The van der Waals surface area contributed by atoms with Gasteiger partial charge in [-0.3, -0.25) is 0 Å². The molecule has 0 amide bonds. The normalized spacial score (nSPS) is 18.6. The van der Waals surface area contributed by atoms with Crippen molar-refractivity contribution in [1.82, 2.24) is 29.5 Å². The number of nitrogens with two attached hydrogens (primary N) is 1. The molecule has 1 saturated heterocycles. The summed E-state index contributed by atoms with van der Waals surface area (Å²) in [6.07, 6.45) is 3.33. The first kappa shape index (κ1) is 23.3. The van der Waals surface area contributed by atoms with E-state index in [1.807, 2.05) is 0 Å². The first-order valence-corrected chi connectivity index (χ1v) is 11.9. The lowest BCUT2D eigenvalue weighted by Gasteiger charge is -2.55. The number of nitrogen functional groups attached to an aromatic ring is 1. The van der Waals surface area contributed by atoms with Crippen LogP contribution in [0.2, 0.25) is 10.2 Å². The van der Waals surface area contributed by atoms with Gasteiger partial charge >= 0.3 is 0 Å². The zero-order valence-corrected chi connectivity index (χ0v) is 20.9. The third-order valence-corrected chi connectivity index (χ3v) is 6.88. The molecular weight excluding hydrogens is 425 g/mol. The molecule has 1 fully saturated rings. The number of nitrogens with zero attached hydrogens (tertiary/aromatic N) is 7. The van der Waals surface area contributed by atoms with Gasteiger partial charge in [-0.2, -0.15) is 0 Å². The van der Waals surface area contributed by atoms with Gasteiger partial charge in [0.2, 0.25) is 5.95 Å². The van der Waals surface area contributed by atoms with Crippen molar-refractivity contribution in [1.29, 1.82) is 0 Å². The molecular formula is C18H28B6N8O2. The second kappa shape index (κ2) is 8.05. The predicted molar refractivity (Wildman–Crippen MR) is 148 cm³/mol. The number of ether oxygens (including phenoxy) is 2. The molecule has 16 heteroatoms. The molecule has 0 radical (unpaired) electrons. The molecule has 34 heavy (non-hydrogen) atoms. The zero-order valence-electron chi connectivity index (χ0n) is 20.9. The SMILES string of the molecule is BC(B)(B)C1(C(B)(B)B)OCCn2c1nc1c(N3CCOCC3)nc(-c3cnc(N)nc3)nc12. The van der Waals surface area contributed by atoms with Crippen LogP contribution in [0.15, 0.2) is 12.4 Å². The van der Waals surface area contributed by atoms with Gasteiger partial charge < -0.3 is 24.7 Å². The number of fused-ring (bicyclic) bond motifs is 3. The topological polar surface area (TPSA) is 117 Å². The molecule has 3 aromatic rings. The molecule has 2 aliphatic heterocycles. The summed E-state index contributed by atoms with van der Waals surface area (Å²) in [6.45, 7) is 4.05. The highest BCUT2D eigenvalue weighted by molar-refractivity contribution is 6.65. The highest BCUT2D eigenvalue weighted by Crippen LogP contribution is 2.55. The van der Waals surface area contributed by atoms with Crippen LogP contribution in [0, 0.1) is 0 Å². The third kappa shape index (κ3) is 3.53. The van der Waals surface area contributed by atoms with E-state index in [1.54, 1.807) is 12.4 Å². The molecule has 5 heterocycles. The first-order valence-electron chi connectivity index (χ1n) is 11.9.